The summed E-state index contributed by atoms with van der Waals surface area (Å²) in [7, 11) is 0. The second-order valence-electron chi connectivity index (χ2n) is 8.73. The van der Waals surface area contributed by atoms with Crippen molar-refractivity contribution in [2.24, 2.45) is 0 Å². The molecule has 0 bridgehead atoms. The van der Waals surface area contributed by atoms with E-state index in [1.165, 1.54) is 11.8 Å². The molecule has 2 amide bonds. The van der Waals surface area contributed by atoms with Crippen LogP contribution in [-0.2, 0) is 28.3 Å². The Labute approximate surface area is 238 Å². The summed E-state index contributed by atoms with van der Waals surface area (Å²) in [6.07, 6.45) is 2.24. The van der Waals surface area contributed by atoms with Crippen molar-refractivity contribution in [3.63, 3.8) is 0 Å². The SMILES string of the molecule is CCCCNC(=O)[C@H](Cc1ccccc1)N(Cc1ccc(Cl)cc1Cl)C(=O)CSCc1ccc(Cl)cc1. The average Bonchev–Trinajstić information content (AvgIpc) is 2.89. The second-order valence-corrected chi connectivity index (χ2v) is 11.0. The summed E-state index contributed by atoms with van der Waals surface area (Å²) < 4.78 is 0. The lowest BCUT2D eigenvalue weighted by molar-refractivity contribution is -0.139. The maximum Gasteiger partial charge on any atom is 0.243 e. The van der Waals surface area contributed by atoms with Crippen molar-refractivity contribution in [3.8, 4) is 0 Å². The summed E-state index contributed by atoms with van der Waals surface area (Å²) in [5.74, 6) is 0.585. The first kappa shape index (κ1) is 29.4. The number of carbonyl (C=O) groups is 2. The molecule has 0 saturated carbocycles. The molecule has 3 aromatic carbocycles. The first-order valence-corrected chi connectivity index (χ1v) is 14.5. The third kappa shape index (κ3) is 9.57. The Morgan fingerprint density at radius 2 is 1.62 bits per heavy atom. The van der Waals surface area contributed by atoms with Gasteiger partial charge in [0.2, 0.25) is 11.8 Å². The number of amides is 2. The van der Waals surface area contributed by atoms with Crippen molar-refractivity contribution in [1.29, 1.82) is 0 Å². The zero-order valence-corrected chi connectivity index (χ0v) is 23.8. The number of halogens is 3. The smallest absolute Gasteiger partial charge is 0.243 e. The maximum absolute atomic E-state index is 13.7. The van der Waals surface area contributed by atoms with E-state index in [1.54, 1.807) is 23.1 Å². The molecule has 0 saturated heterocycles. The van der Waals surface area contributed by atoms with E-state index in [2.05, 4.69) is 12.2 Å². The van der Waals surface area contributed by atoms with E-state index in [-0.39, 0.29) is 24.1 Å². The van der Waals surface area contributed by atoms with Crippen LogP contribution >= 0.6 is 46.6 Å². The maximum atomic E-state index is 13.7. The fourth-order valence-electron chi connectivity index (χ4n) is 3.81. The Hall–Kier alpha value is -2.18. The molecule has 4 nitrogen and oxygen atoms in total. The van der Waals surface area contributed by atoms with Crippen LogP contribution in [0.5, 0.6) is 0 Å². The quantitative estimate of drug-likeness (QED) is 0.215. The van der Waals surface area contributed by atoms with Crippen molar-refractivity contribution >= 4 is 58.4 Å². The van der Waals surface area contributed by atoms with Crippen LogP contribution in [0.25, 0.3) is 0 Å². The van der Waals surface area contributed by atoms with Gasteiger partial charge in [-0.25, -0.2) is 0 Å². The number of thioether (sulfide) groups is 1. The molecule has 3 aromatic rings. The van der Waals surface area contributed by atoms with Gasteiger partial charge in [-0.2, -0.15) is 0 Å². The summed E-state index contributed by atoms with van der Waals surface area (Å²) >= 11 is 20.1. The highest BCUT2D eigenvalue weighted by molar-refractivity contribution is 7.99. The summed E-state index contributed by atoms with van der Waals surface area (Å²) in [4.78, 5) is 28.8. The van der Waals surface area contributed by atoms with E-state index in [4.69, 9.17) is 34.8 Å². The van der Waals surface area contributed by atoms with E-state index < -0.39 is 6.04 Å². The van der Waals surface area contributed by atoms with Gasteiger partial charge in [0.25, 0.3) is 0 Å². The zero-order chi connectivity index (χ0) is 26.6. The molecule has 0 unspecified atom stereocenters. The van der Waals surface area contributed by atoms with Crippen LogP contribution in [-0.4, -0.2) is 35.1 Å². The second kappa shape index (κ2) is 15.3. The van der Waals surface area contributed by atoms with Crippen LogP contribution in [0.3, 0.4) is 0 Å². The molecule has 0 aliphatic rings. The summed E-state index contributed by atoms with van der Waals surface area (Å²) in [5.41, 5.74) is 2.79. The number of benzene rings is 3. The van der Waals surface area contributed by atoms with E-state index in [9.17, 15) is 9.59 Å². The van der Waals surface area contributed by atoms with Crippen LogP contribution in [0.1, 0.15) is 36.5 Å². The summed E-state index contributed by atoms with van der Waals surface area (Å²) in [6, 6.07) is 21.8. The van der Waals surface area contributed by atoms with Crippen LogP contribution in [0.2, 0.25) is 15.1 Å². The summed E-state index contributed by atoms with van der Waals surface area (Å²) in [6.45, 7) is 2.84. The Bertz CT molecular complexity index is 1160. The van der Waals surface area contributed by atoms with Gasteiger partial charge in [0.1, 0.15) is 6.04 Å². The Kier molecular flexibility index (Phi) is 12.1. The first-order chi connectivity index (χ1) is 17.9. The van der Waals surface area contributed by atoms with Crippen molar-refractivity contribution in [3.05, 3.63) is 105 Å². The highest BCUT2D eigenvalue weighted by Gasteiger charge is 2.30. The normalized spacial score (nSPS) is 11.7. The highest BCUT2D eigenvalue weighted by Crippen LogP contribution is 2.25. The van der Waals surface area contributed by atoms with E-state index in [0.29, 0.717) is 33.8 Å². The molecule has 0 aliphatic heterocycles. The van der Waals surface area contributed by atoms with Gasteiger partial charge in [0.05, 0.1) is 5.75 Å². The molecule has 8 heteroatoms. The summed E-state index contributed by atoms with van der Waals surface area (Å²) in [5, 5.41) is 4.68. The first-order valence-electron chi connectivity index (χ1n) is 12.2. The van der Waals surface area contributed by atoms with Crippen molar-refractivity contribution < 1.29 is 9.59 Å². The number of hydrogen-bond donors (Lipinski definition) is 1. The molecule has 3 rings (SSSR count). The predicted molar refractivity (Wildman–Crippen MR) is 156 cm³/mol. The van der Waals surface area contributed by atoms with Crippen LogP contribution < -0.4 is 5.32 Å². The van der Waals surface area contributed by atoms with E-state index >= 15 is 0 Å². The molecular weight excluding hydrogens is 547 g/mol. The molecule has 1 atom stereocenters. The monoisotopic (exact) mass is 576 g/mol. The van der Waals surface area contributed by atoms with Gasteiger partial charge in [0, 0.05) is 40.3 Å². The Morgan fingerprint density at radius 3 is 2.30 bits per heavy atom. The molecule has 0 aromatic heterocycles. The molecule has 196 valence electrons. The standard InChI is InChI=1S/C29H31Cl3N2O2S/c1-2-3-15-33-29(36)27(16-21-7-5-4-6-8-21)34(18-23-11-14-25(31)17-26(23)32)28(35)20-37-19-22-9-12-24(30)13-10-22/h4-14,17,27H,2-3,15-16,18-20H2,1H3,(H,33,36)/t27-/m0/s1. The Morgan fingerprint density at radius 1 is 0.919 bits per heavy atom. The van der Waals surface area contributed by atoms with Gasteiger partial charge in [0.15, 0.2) is 0 Å². The van der Waals surface area contributed by atoms with Gasteiger partial charge in [-0.1, -0.05) is 96.7 Å². The number of nitrogens with one attached hydrogen (secondary N) is 1. The predicted octanol–water partition coefficient (Wildman–Crippen LogP) is 7.44. The fourth-order valence-corrected chi connectivity index (χ4v) is 5.28. The molecule has 0 radical (unpaired) electrons. The lowest BCUT2D eigenvalue weighted by Gasteiger charge is -2.32. The topological polar surface area (TPSA) is 49.4 Å². The van der Waals surface area contributed by atoms with Gasteiger partial charge >= 0.3 is 0 Å². The highest BCUT2D eigenvalue weighted by atomic mass is 35.5. The molecule has 0 aliphatic carbocycles. The third-order valence-electron chi connectivity index (χ3n) is 5.86. The number of unbranched alkanes of at least 4 members (excludes halogenated alkanes) is 1. The van der Waals surface area contributed by atoms with Crippen molar-refractivity contribution in [2.45, 2.75) is 44.5 Å². The minimum Gasteiger partial charge on any atom is -0.354 e. The fraction of sp³-hybridized carbons (Fsp3) is 0.310. The number of rotatable bonds is 13. The number of carbonyl (C=O) groups excluding carboxylic acids is 2. The van der Waals surface area contributed by atoms with Crippen LogP contribution in [0, 0.1) is 0 Å². The molecule has 1 N–H and O–H groups in total. The minimum absolute atomic E-state index is 0.128. The van der Waals surface area contributed by atoms with Crippen LogP contribution in [0.4, 0.5) is 0 Å². The van der Waals surface area contributed by atoms with Crippen molar-refractivity contribution in [1.82, 2.24) is 10.2 Å². The number of nitrogens with zero attached hydrogens (tertiary/aromatic N) is 1. The number of hydrogen-bond acceptors (Lipinski definition) is 3. The minimum atomic E-state index is -0.686. The average molecular weight is 578 g/mol. The third-order valence-corrected chi connectivity index (χ3v) is 7.69. The van der Waals surface area contributed by atoms with Crippen LogP contribution in [0.15, 0.2) is 72.8 Å². The van der Waals surface area contributed by atoms with Gasteiger partial charge in [-0.05, 0) is 47.4 Å². The zero-order valence-electron chi connectivity index (χ0n) is 20.8. The van der Waals surface area contributed by atoms with E-state index in [1.807, 2.05) is 54.6 Å². The molecule has 0 heterocycles. The van der Waals surface area contributed by atoms with E-state index in [0.717, 1.165) is 29.5 Å². The van der Waals surface area contributed by atoms with Gasteiger partial charge in [-0.3, -0.25) is 9.59 Å². The molecule has 0 fully saturated rings. The van der Waals surface area contributed by atoms with Crippen molar-refractivity contribution in [2.75, 3.05) is 12.3 Å². The Balaban J connectivity index is 1.85. The largest absolute Gasteiger partial charge is 0.354 e. The van der Waals surface area contributed by atoms with Gasteiger partial charge in [-0.15, -0.1) is 11.8 Å². The lowest BCUT2D eigenvalue weighted by Crippen LogP contribution is -2.51. The molecular formula is C29H31Cl3N2O2S. The lowest BCUT2D eigenvalue weighted by atomic mass is 10.0. The molecule has 0 spiro atoms. The van der Waals surface area contributed by atoms with Gasteiger partial charge < -0.3 is 10.2 Å². The molecule has 37 heavy (non-hydrogen) atoms.